The molecule has 33 heavy (non-hydrogen) atoms. The fourth-order valence-electron chi connectivity index (χ4n) is 3.46. The lowest BCUT2D eigenvalue weighted by atomic mass is 10.1. The SMILES string of the molecule is CC(C)(C)N1C(=O)C(=NCCSc2cccc(OC(F)(F)F)c2)C(c2ccccc2)S1(=O)=O. The fraction of sp³-hybridized carbons (Fsp3) is 0.364. The third-order valence-corrected chi connectivity index (χ3v) is 7.88. The largest absolute Gasteiger partial charge is 0.573 e. The third kappa shape index (κ3) is 5.89. The van der Waals surface area contributed by atoms with Gasteiger partial charge in [0.2, 0.25) is 0 Å². The van der Waals surface area contributed by atoms with Crippen LogP contribution in [-0.4, -0.2) is 48.5 Å². The Morgan fingerprint density at radius 2 is 1.73 bits per heavy atom. The van der Waals surface area contributed by atoms with Crippen molar-refractivity contribution in [2.75, 3.05) is 12.3 Å². The zero-order valence-corrected chi connectivity index (χ0v) is 19.8. The van der Waals surface area contributed by atoms with Crippen LogP contribution < -0.4 is 4.74 Å². The average molecular weight is 501 g/mol. The number of hydrogen-bond acceptors (Lipinski definition) is 6. The van der Waals surface area contributed by atoms with Crippen molar-refractivity contribution >= 4 is 33.4 Å². The van der Waals surface area contributed by atoms with Gasteiger partial charge in [0.25, 0.3) is 15.9 Å². The number of carbonyl (C=O) groups excluding carboxylic acids is 1. The van der Waals surface area contributed by atoms with Crippen molar-refractivity contribution in [3.05, 3.63) is 60.2 Å². The molecule has 1 atom stereocenters. The standard InChI is InChI=1S/C22H23F3N2O4S2/c1-21(2,3)27-20(28)18(19(33(27,29)30)15-8-5-4-6-9-15)26-12-13-32-17-11-7-10-16(14-17)31-22(23,24)25/h4-11,14,19H,12-13H2,1-3H3. The monoisotopic (exact) mass is 500 g/mol. The van der Waals surface area contributed by atoms with Crippen LogP contribution in [0.25, 0.3) is 0 Å². The molecule has 0 N–H and O–H groups in total. The lowest BCUT2D eigenvalue weighted by Crippen LogP contribution is -2.45. The van der Waals surface area contributed by atoms with Gasteiger partial charge < -0.3 is 4.74 Å². The van der Waals surface area contributed by atoms with E-state index in [0.29, 0.717) is 16.2 Å². The van der Waals surface area contributed by atoms with E-state index in [0.717, 1.165) is 4.31 Å². The van der Waals surface area contributed by atoms with Crippen LogP contribution in [0.2, 0.25) is 0 Å². The van der Waals surface area contributed by atoms with Crippen molar-refractivity contribution in [3.63, 3.8) is 0 Å². The smallest absolute Gasteiger partial charge is 0.406 e. The summed E-state index contributed by atoms with van der Waals surface area (Å²) < 4.78 is 68.6. The molecule has 1 aliphatic rings. The van der Waals surface area contributed by atoms with E-state index in [1.807, 2.05) is 0 Å². The van der Waals surface area contributed by atoms with Crippen LogP contribution in [0, 0.1) is 0 Å². The highest BCUT2D eigenvalue weighted by atomic mass is 32.2. The van der Waals surface area contributed by atoms with E-state index in [-0.39, 0.29) is 18.0 Å². The van der Waals surface area contributed by atoms with Crippen LogP contribution in [-0.2, 0) is 14.8 Å². The van der Waals surface area contributed by atoms with Gasteiger partial charge in [-0.3, -0.25) is 9.79 Å². The summed E-state index contributed by atoms with van der Waals surface area (Å²) >= 11 is 1.22. The average Bonchev–Trinajstić information content (AvgIpc) is 2.89. The van der Waals surface area contributed by atoms with Crippen molar-refractivity contribution in [2.45, 2.75) is 42.8 Å². The molecule has 3 rings (SSSR count). The highest BCUT2D eigenvalue weighted by molar-refractivity contribution is 7.99. The molecule has 11 heteroatoms. The molecule has 2 aromatic rings. The maximum atomic E-state index is 13.3. The Bertz CT molecular complexity index is 1140. The van der Waals surface area contributed by atoms with Gasteiger partial charge in [-0.15, -0.1) is 24.9 Å². The minimum Gasteiger partial charge on any atom is -0.406 e. The molecule has 1 heterocycles. The second kappa shape index (κ2) is 9.38. The minimum absolute atomic E-state index is 0.0640. The summed E-state index contributed by atoms with van der Waals surface area (Å²) in [7, 11) is -4.03. The number of aliphatic imine (C=N–C) groups is 1. The quantitative estimate of drug-likeness (QED) is 0.420. The molecule has 1 unspecified atom stereocenters. The van der Waals surface area contributed by atoms with Gasteiger partial charge >= 0.3 is 6.36 Å². The van der Waals surface area contributed by atoms with Gasteiger partial charge in [0.05, 0.1) is 5.54 Å². The molecule has 0 radical (unpaired) electrons. The highest BCUT2D eigenvalue weighted by Gasteiger charge is 2.54. The summed E-state index contributed by atoms with van der Waals surface area (Å²) in [4.78, 5) is 17.9. The molecule has 2 aromatic carbocycles. The number of rotatable bonds is 6. The summed E-state index contributed by atoms with van der Waals surface area (Å²) in [5, 5.41) is -1.21. The molecule has 1 aliphatic heterocycles. The molecule has 178 valence electrons. The van der Waals surface area contributed by atoms with Gasteiger partial charge in [-0.25, -0.2) is 12.7 Å². The second-order valence-corrected chi connectivity index (χ2v) is 11.2. The maximum absolute atomic E-state index is 13.3. The molecule has 6 nitrogen and oxygen atoms in total. The number of thioether (sulfide) groups is 1. The van der Waals surface area contributed by atoms with Gasteiger partial charge in [0.1, 0.15) is 11.5 Å². The van der Waals surface area contributed by atoms with E-state index in [4.69, 9.17) is 0 Å². The van der Waals surface area contributed by atoms with E-state index >= 15 is 0 Å². The first kappa shape index (κ1) is 25.1. The second-order valence-electron chi connectivity index (χ2n) is 8.21. The minimum atomic E-state index is -4.78. The molecule has 0 spiro atoms. The van der Waals surface area contributed by atoms with E-state index in [1.54, 1.807) is 57.2 Å². The van der Waals surface area contributed by atoms with E-state index in [9.17, 15) is 26.4 Å². The summed E-state index contributed by atoms with van der Waals surface area (Å²) in [6.45, 7) is 5.02. The number of nitrogens with zero attached hydrogens (tertiary/aromatic N) is 2. The van der Waals surface area contributed by atoms with Gasteiger partial charge in [0.15, 0.2) is 5.25 Å². The first-order valence-electron chi connectivity index (χ1n) is 9.97. The number of carbonyl (C=O) groups is 1. The number of benzene rings is 2. The Kier molecular flexibility index (Phi) is 7.13. The topological polar surface area (TPSA) is 76.0 Å². The fourth-order valence-corrected chi connectivity index (χ4v) is 6.51. The van der Waals surface area contributed by atoms with Gasteiger partial charge in [-0.1, -0.05) is 36.4 Å². The zero-order chi connectivity index (χ0) is 24.4. The van der Waals surface area contributed by atoms with Crippen molar-refractivity contribution in [1.82, 2.24) is 4.31 Å². The number of ether oxygens (including phenoxy) is 1. The predicted molar refractivity (Wildman–Crippen MR) is 121 cm³/mol. The van der Waals surface area contributed by atoms with Crippen LogP contribution in [0.3, 0.4) is 0 Å². The Hall–Kier alpha value is -2.53. The zero-order valence-electron chi connectivity index (χ0n) is 18.2. The highest BCUT2D eigenvalue weighted by Crippen LogP contribution is 2.38. The summed E-state index contributed by atoms with van der Waals surface area (Å²) in [5.41, 5.74) is -0.583. The molecule has 0 aliphatic carbocycles. The normalized spacial score (nSPS) is 19.8. The van der Waals surface area contributed by atoms with Crippen LogP contribution in [0.15, 0.2) is 64.5 Å². The van der Waals surface area contributed by atoms with E-state index < -0.39 is 33.1 Å². The maximum Gasteiger partial charge on any atom is 0.573 e. The molecular formula is C22H23F3N2O4S2. The molecular weight excluding hydrogens is 477 g/mol. The number of alkyl halides is 3. The molecule has 0 aromatic heterocycles. The van der Waals surface area contributed by atoms with Crippen LogP contribution in [0.4, 0.5) is 13.2 Å². The molecule has 0 bridgehead atoms. The van der Waals surface area contributed by atoms with Crippen molar-refractivity contribution < 1.29 is 31.1 Å². The van der Waals surface area contributed by atoms with Crippen molar-refractivity contribution in [3.8, 4) is 5.75 Å². The Morgan fingerprint density at radius 3 is 2.33 bits per heavy atom. The van der Waals surface area contributed by atoms with Crippen molar-refractivity contribution in [1.29, 1.82) is 0 Å². The lowest BCUT2D eigenvalue weighted by molar-refractivity contribution is -0.274. The molecule has 1 amide bonds. The number of sulfonamides is 1. The predicted octanol–water partition coefficient (Wildman–Crippen LogP) is 4.83. The van der Waals surface area contributed by atoms with Gasteiger partial charge in [-0.05, 0) is 44.5 Å². The third-order valence-electron chi connectivity index (χ3n) is 4.60. The van der Waals surface area contributed by atoms with Crippen LogP contribution in [0.5, 0.6) is 5.75 Å². The first-order chi connectivity index (χ1) is 15.3. The van der Waals surface area contributed by atoms with Crippen molar-refractivity contribution in [2.24, 2.45) is 4.99 Å². The number of halogens is 3. The van der Waals surface area contributed by atoms with Gasteiger partial charge in [-0.2, -0.15) is 0 Å². The Balaban J connectivity index is 1.81. The lowest BCUT2D eigenvalue weighted by Gasteiger charge is -2.30. The van der Waals surface area contributed by atoms with Gasteiger partial charge in [0, 0.05) is 17.2 Å². The van der Waals surface area contributed by atoms with E-state index in [2.05, 4.69) is 9.73 Å². The Morgan fingerprint density at radius 1 is 1.06 bits per heavy atom. The van der Waals surface area contributed by atoms with Crippen LogP contribution in [0.1, 0.15) is 31.6 Å². The number of amides is 1. The molecule has 0 saturated carbocycles. The Labute approximate surface area is 194 Å². The summed E-state index contributed by atoms with van der Waals surface area (Å²) in [6, 6.07) is 13.9. The number of hydrogen-bond donors (Lipinski definition) is 0. The first-order valence-corrected chi connectivity index (χ1v) is 12.5. The molecule has 1 saturated heterocycles. The summed E-state index contributed by atoms with van der Waals surface area (Å²) in [5.74, 6) is -0.675. The van der Waals surface area contributed by atoms with E-state index in [1.165, 1.54) is 30.0 Å². The molecule has 1 fully saturated rings. The van der Waals surface area contributed by atoms with Crippen LogP contribution >= 0.6 is 11.8 Å². The summed E-state index contributed by atoms with van der Waals surface area (Å²) in [6.07, 6.45) is -4.78.